The van der Waals surface area contributed by atoms with Gasteiger partial charge in [-0.3, -0.25) is 10.1 Å². The van der Waals surface area contributed by atoms with Crippen LogP contribution in [0.2, 0.25) is 10.0 Å². The molecule has 106 valence electrons. The molecule has 2 heterocycles. The van der Waals surface area contributed by atoms with Gasteiger partial charge in [-0.25, -0.2) is 4.98 Å². The molecular formula is C14H8Cl2N2O2S. The van der Waals surface area contributed by atoms with Crippen molar-refractivity contribution in [3.05, 3.63) is 57.8 Å². The number of furan rings is 1. The highest BCUT2D eigenvalue weighted by atomic mass is 35.5. The minimum absolute atomic E-state index is 0.276. The monoisotopic (exact) mass is 338 g/mol. The molecule has 0 radical (unpaired) electrons. The summed E-state index contributed by atoms with van der Waals surface area (Å²) >= 11 is 13.4. The SMILES string of the molecule is O=C(Nc1nc(-c2cc(Cl)ccc2Cl)cs1)c1ccoc1. The maximum absolute atomic E-state index is 11.9. The number of carbonyl (C=O) groups is 1. The predicted octanol–water partition coefficient (Wildman–Crippen LogP) is 4.96. The lowest BCUT2D eigenvalue weighted by Gasteiger charge is -2.01. The number of anilines is 1. The van der Waals surface area contributed by atoms with Gasteiger partial charge in [-0.15, -0.1) is 11.3 Å². The number of nitrogens with zero attached hydrogens (tertiary/aromatic N) is 1. The number of hydrogen-bond donors (Lipinski definition) is 1. The van der Waals surface area contributed by atoms with Crippen molar-refractivity contribution in [1.82, 2.24) is 4.98 Å². The zero-order valence-electron chi connectivity index (χ0n) is 10.5. The predicted molar refractivity (Wildman–Crippen MR) is 84.2 cm³/mol. The average Bonchev–Trinajstić information content (AvgIpc) is 3.12. The van der Waals surface area contributed by atoms with E-state index in [2.05, 4.69) is 10.3 Å². The minimum Gasteiger partial charge on any atom is -0.472 e. The van der Waals surface area contributed by atoms with Crippen molar-refractivity contribution in [3.8, 4) is 11.3 Å². The Labute approximate surface area is 134 Å². The average molecular weight is 339 g/mol. The third-order valence-corrected chi connectivity index (χ3v) is 4.03. The number of amides is 1. The number of benzene rings is 1. The lowest BCUT2D eigenvalue weighted by Crippen LogP contribution is -2.10. The number of hydrogen-bond acceptors (Lipinski definition) is 4. The lowest BCUT2D eigenvalue weighted by molar-refractivity contribution is 0.102. The van der Waals surface area contributed by atoms with Gasteiger partial charge < -0.3 is 4.42 Å². The summed E-state index contributed by atoms with van der Waals surface area (Å²) in [5.41, 5.74) is 1.83. The summed E-state index contributed by atoms with van der Waals surface area (Å²) in [6.07, 6.45) is 2.81. The Hall–Kier alpha value is -1.82. The lowest BCUT2D eigenvalue weighted by atomic mass is 10.2. The van der Waals surface area contributed by atoms with Gasteiger partial charge in [0.2, 0.25) is 0 Å². The van der Waals surface area contributed by atoms with Crippen molar-refractivity contribution in [3.63, 3.8) is 0 Å². The first-order chi connectivity index (χ1) is 10.1. The fourth-order valence-corrected chi connectivity index (χ4v) is 2.80. The molecule has 0 unspecified atom stereocenters. The van der Waals surface area contributed by atoms with Gasteiger partial charge in [0.25, 0.3) is 5.91 Å². The number of halogens is 2. The number of nitrogens with one attached hydrogen (secondary N) is 1. The van der Waals surface area contributed by atoms with E-state index < -0.39 is 0 Å². The number of aromatic nitrogens is 1. The number of thiazole rings is 1. The van der Waals surface area contributed by atoms with Crippen LogP contribution in [0.3, 0.4) is 0 Å². The summed E-state index contributed by atoms with van der Waals surface area (Å²) in [4.78, 5) is 16.2. The molecule has 0 atom stereocenters. The third kappa shape index (κ3) is 3.10. The largest absolute Gasteiger partial charge is 0.472 e. The van der Waals surface area contributed by atoms with Crippen LogP contribution in [0.5, 0.6) is 0 Å². The first-order valence-electron chi connectivity index (χ1n) is 5.88. The molecule has 7 heteroatoms. The molecule has 0 aliphatic heterocycles. The topological polar surface area (TPSA) is 55.1 Å². The van der Waals surface area contributed by atoms with Crippen molar-refractivity contribution >= 4 is 45.6 Å². The van der Waals surface area contributed by atoms with Gasteiger partial charge >= 0.3 is 0 Å². The van der Waals surface area contributed by atoms with E-state index in [4.69, 9.17) is 27.6 Å². The first-order valence-corrected chi connectivity index (χ1v) is 7.51. The summed E-state index contributed by atoms with van der Waals surface area (Å²) in [7, 11) is 0. The highest BCUT2D eigenvalue weighted by Crippen LogP contribution is 2.32. The summed E-state index contributed by atoms with van der Waals surface area (Å²) < 4.78 is 4.87. The van der Waals surface area contributed by atoms with E-state index in [0.717, 1.165) is 5.56 Å². The van der Waals surface area contributed by atoms with E-state index in [9.17, 15) is 4.79 Å². The Morgan fingerprint density at radius 1 is 1.29 bits per heavy atom. The molecule has 4 nitrogen and oxygen atoms in total. The molecule has 21 heavy (non-hydrogen) atoms. The molecule has 0 saturated carbocycles. The van der Waals surface area contributed by atoms with Crippen molar-refractivity contribution in [2.75, 3.05) is 5.32 Å². The molecule has 1 N–H and O–H groups in total. The number of carbonyl (C=O) groups excluding carboxylic acids is 1. The second kappa shape index (κ2) is 5.89. The molecule has 3 aromatic rings. The fraction of sp³-hybridized carbons (Fsp3) is 0. The maximum atomic E-state index is 11.9. The van der Waals surface area contributed by atoms with Crippen LogP contribution in [-0.4, -0.2) is 10.9 Å². The van der Waals surface area contributed by atoms with Gasteiger partial charge in [0.05, 0.1) is 22.5 Å². The Kier molecular flexibility index (Phi) is 3.96. The normalized spacial score (nSPS) is 10.6. The van der Waals surface area contributed by atoms with Crippen LogP contribution >= 0.6 is 34.5 Å². The molecule has 0 bridgehead atoms. The molecule has 0 aliphatic carbocycles. The second-order valence-corrected chi connectivity index (χ2v) is 5.83. The van der Waals surface area contributed by atoms with Gasteiger partial charge in [0.1, 0.15) is 6.26 Å². The van der Waals surface area contributed by atoms with Crippen LogP contribution < -0.4 is 5.32 Å². The highest BCUT2D eigenvalue weighted by molar-refractivity contribution is 7.14. The van der Waals surface area contributed by atoms with Gasteiger partial charge in [0, 0.05) is 16.0 Å². The Morgan fingerprint density at radius 3 is 2.90 bits per heavy atom. The van der Waals surface area contributed by atoms with Gasteiger partial charge in [-0.05, 0) is 24.3 Å². The number of rotatable bonds is 3. The second-order valence-electron chi connectivity index (χ2n) is 4.13. The van der Waals surface area contributed by atoms with Gasteiger partial charge in [0.15, 0.2) is 5.13 Å². The minimum atomic E-state index is -0.276. The zero-order chi connectivity index (χ0) is 14.8. The Bertz CT molecular complexity index is 784. The molecule has 0 spiro atoms. The van der Waals surface area contributed by atoms with Gasteiger partial charge in [-0.2, -0.15) is 0 Å². The standard InChI is InChI=1S/C14H8Cl2N2O2S/c15-9-1-2-11(16)10(5-9)12-7-21-14(17-12)18-13(19)8-3-4-20-6-8/h1-7H,(H,17,18,19). The third-order valence-electron chi connectivity index (χ3n) is 2.71. The van der Waals surface area contributed by atoms with Crippen LogP contribution in [0.1, 0.15) is 10.4 Å². The molecule has 1 amide bonds. The first kappa shape index (κ1) is 14.1. The van der Waals surface area contributed by atoms with E-state index in [1.54, 1.807) is 24.3 Å². The molecule has 2 aromatic heterocycles. The van der Waals surface area contributed by atoms with Crippen molar-refractivity contribution in [2.45, 2.75) is 0 Å². The van der Waals surface area contributed by atoms with Crippen LogP contribution in [0.4, 0.5) is 5.13 Å². The summed E-state index contributed by atoms with van der Waals surface area (Å²) in [5, 5.41) is 6.12. The van der Waals surface area contributed by atoms with Crippen LogP contribution in [-0.2, 0) is 0 Å². The van der Waals surface area contributed by atoms with Crippen LogP contribution in [0.25, 0.3) is 11.3 Å². The Morgan fingerprint density at radius 2 is 2.14 bits per heavy atom. The smallest absolute Gasteiger partial charge is 0.260 e. The van der Waals surface area contributed by atoms with E-state index in [-0.39, 0.29) is 5.91 Å². The Balaban J connectivity index is 1.83. The molecule has 3 rings (SSSR count). The van der Waals surface area contributed by atoms with Crippen LogP contribution in [0.15, 0.2) is 46.6 Å². The molecular weight excluding hydrogens is 331 g/mol. The molecule has 1 aromatic carbocycles. The van der Waals surface area contributed by atoms with E-state index in [1.165, 1.54) is 23.9 Å². The summed E-state index contributed by atoms with van der Waals surface area (Å²) in [5.74, 6) is -0.276. The van der Waals surface area contributed by atoms with E-state index in [1.807, 2.05) is 5.38 Å². The summed E-state index contributed by atoms with van der Waals surface area (Å²) in [6, 6.07) is 6.74. The van der Waals surface area contributed by atoms with Crippen molar-refractivity contribution in [2.24, 2.45) is 0 Å². The van der Waals surface area contributed by atoms with E-state index >= 15 is 0 Å². The van der Waals surface area contributed by atoms with E-state index in [0.29, 0.717) is 26.4 Å². The van der Waals surface area contributed by atoms with Crippen LogP contribution in [0, 0.1) is 0 Å². The fourth-order valence-electron chi connectivity index (χ4n) is 1.71. The molecule has 0 aliphatic rings. The summed E-state index contributed by atoms with van der Waals surface area (Å²) in [6.45, 7) is 0. The molecule has 0 fully saturated rings. The highest BCUT2D eigenvalue weighted by Gasteiger charge is 2.12. The van der Waals surface area contributed by atoms with Gasteiger partial charge in [-0.1, -0.05) is 23.2 Å². The quantitative estimate of drug-likeness (QED) is 0.734. The molecule has 0 saturated heterocycles. The zero-order valence-corrected chi connectivity index (χ0v) is 12.8. The maximum Gasteiger partial charge on any atom is 0.260 e. The van der Waals surface area contributed by atoms with Crippen molar-refractivity contribution < 1.29 is 9.21 Å². The van der Waals surface area contributed by atoms with Crippen molar-refractivity contribution in [1.29, 1.82) is 0 Å².